The molecule has 0 unspecified atom stereocenters. The van der Waals surface area contributed by atoms with Gasteiger partial charge in [-0.15, -0.1) is 0 Å². The van der Waals surface area contributed by atoms with Gasteiger partial charge in [0, 0.05) is 39.0 Å². The summed E-state index contributed by atoms with van der Waals surface area (Å²) in [6.07, 6.45) is 7.88. The molecule has 1 aliphatic rings. The van der Waals surface area contributed by atoms with E-state index in [2.05, 4.69) is 22.1 Å². The maximum Gasteiger partial charge on any atom is 0.244 e. The first kappa shape index (κ1) is 17.9. The Morgan fingerprint density at radius 3 is 2.86 bits per heavy atom. The highest BCUT2D eigenvalue weighted by Crippen LogP contribution is 2.11. The Bertz CT molecular complexity index is 321. The van der Waals surface area contributed by atoms with Crippen LogP contribution in [0.1, 0.15) is 51.9 Å². The Labute approximate surface area is 128 Å². The molecule has 0 bridgehead atoms. The molecule has 0 aliphatic carbocycles. The third-order valence-electron chi connectivity index (χ3n) is 3.75. The molecule has 0 aromatic carbocycles. The summed E-state index contributed by atoms with van der Waals surface area (Å²) in [4.78, 5) is 17.8. The van der Waals surface area contributed by atoms with Crippen molar-refractivity contribution in [2.24, 2.45) is 4.99 Å². The van der Waals surface area contributed by atoms with Crippen molar-refractivity contribution in [2.75, 3.05) is 32.7 Å². The van der Waals surface area contributed by atoms with Crippen LogP contribution in [0, 0.1) is 0 Å². The van der Waals surface area contributed by atoms with Gasteiger partial charge in [0.2, 0.25) is 5.91 Å². The number of hydroxylamine groups is 1. The fourth-order valence-electron chi connectivity index (χ4n) is 2.49. The molecule has 0 spiro atoms. The molecule has 1 rings (SSSR count). The molecule has 1 amide bonds. The zero-order valence-electron chi connectivity index (χ0n) is 13.2. The number of amidine groups is 1. The molecule has 1 aliphatic heterocycles. The van der Waals surface area contributed by atoms with Gasteiger partial charge in [-0.3, -0.25) is 15.0 Å². The van der Waals surface area contributed by atoms with E-state index in [1.165, 1.54) is 37.9 Å². The Morgan fingerprint density at radius 2 is 2.10 bits per heavy atom. The minimum atomic E-state index is -0.349. The number of hydrogen-bond donors (Lipinski definition) is 3. The van der Waals surface area contributed by atoms with E-state index in [-0.39, 0.29) is 5.91 Å². The van der Waals surface area contributed by atoms with Crippen molar-refractivity contribution >= 4 is 11.7 Å². The summed E-state index contributed by atoms with van der Waals surface area (Å²) in [7, 11) is 0. The molecule has 6 nitrogen and oxygen atoms in total. The minimum absolute atomic E-state index is 0.300. The Hall–Kier alpha value is -1.14. The third-order valence-corrected chi connectivity index (χ3v) is 3.75. The van der Waals surface area contributed by atoms with Crippen molar-refractivity contribution in [1.29, 1.82) is 0 Å². The summed E-state index contributed by atoms with van der Waals surface area (Å²) >= 11 is 0. The van der Waals surface area contributed by atoms with Gasteiger partial charge in [-0.25, -0.2) is 5.48 Å². The van der Waals surface area contributed by atoms with Crippen LogP contribution in [0.5, 0.6) is 0 Å². The maximum atomic E-state index is 10.8. The SMILES string of the molecule is CCCCCCCC1=NCCN1CCNCCC(=O)NO. The third kappa shape index (κ3) is 8.02. The number of aliphatic imine (C=N–C) groups is 1. The average Bonchev–Trinajstić information content (AvgIpc) is 2.94. The molecule has 1 heterocycles. The molecular weight excluding hydrogens is 268 g/mol. The van der Waals surface area contributed by atoms with Gasteiger partial charge >= 0.3 is 0 Å². The summed E-state index contributed by atoms with van der Waals surface area (Å²) in [6, 6.07) is 0. The minimum Gasteiger partial charge on any atom is -0.357 e. The number of nitrogens with one attached hydrogen (secondary N) is 2. The number of amides is 1. The van der Waals surface area contributed by atoms with Gasteiger partial charge in [-0.05, 0) is 6.42 Å². The van der Waals surface area contributed by atoms with E-state index in [1.54, 1.807) is 5.48 Å². The van der Waals surface area contributed by atoms with Gasteiger partial charge in [0.15, 0.2) is 0 Å². The molecule has 21 heavy (non-hydrogen) atoms. The first-order chi connectivity index (χ1) is 10.3. The van der Waals surface area contributed by atoms with Crippen LogP contribution in [0.2, 0.25) is 0 Å². The molecule has 0 aromatic rings. The highest BCUT2D eigenvalue weighted by atomic mass is 16.5. The average molecular weight is 298 g/mol. The van der Waals surface area contributed by atoms with Crippen LogP contribution in [0.25, 0.3) is 0 Å². The fourth-order valence-corrected chi connectivity index (χ4v) is 2.49. The lowest BCUT2D eigenvalue weighted by atomic mass is 10.1. The Balaban J connectivity index is 2.05. The van der Waals surface area contributed by atoms with Crippen LogP contribution in [-0.4, -0.2) is 54.6 Å². The number of unbranched alkanes of at least 4 members (excludes halogenated alkanes) is 4. The largest absolute Gasteiger partial charge is 0.357 e. The van der Waals surface area contributed by atoms with Crippen LogP contribution in [0.3, 0.4) is 0 Å². The highest BCUT2D eigenvalue weighted by molar-refractivity contribution is 5.83. The molecule has 0 radical (unpaired) electrons. The van der Waals surface area contributed by atoms with Crippen LogP contribution < -0.4 is 10.8 Å². The van der Waals surface area contributed by atoms with Gasteiger partial charge in [0.25, 0.3) is 0 Å². The lowest BCUT2D eigenvalue weighted by Crippen LogP contribution is -2.35. The topological polar surface area (TPSA) is 77.0 Å². The standard InChI is InChI=1S/C15H30N4O2/c1-2-3-4-5-6-7-14-17-11-13-19(14)12-10-16-9-8-15(20)18-21/h16,21H,2-13H2,1H3,(H,18,20). The molecule has 3 N–H and O–H groups in total. The highest BCUT2D eigenvalue weighted by Gasteiger charge is 2.15. The number of hydrogen-bond acceptors (Lipinski definition) is 5. The second kappa shape index (κ2) is 11.5. The molecule has 0 saturated carbocycles. The van der Waals surface area contributed by atoms with Gasteiger partial charge in [0.05, 0.1) is 12.4 Å². The zero-order valence-corrected chi connectivity index (χ0v) is 13.2. The van der Waals surface area contributed by atoms with Crippen LogP contribution >= 0.6 is 0 Å². The van der Waals surface area contributed by atoms with Crippen molar-refractivity contribution in [3.05, 3.63) is 0 Å². The second-order valence-electron chi connectivity index (χ2n) is 5.48. The first-order valence-electron chi connectivity index (χ1n) is 8.19. The van der Waals surface area contributed by atoms with Crippen LogP contribution in [0.4, 0.5) is 0 Å². The smallest absolute Gasteiger partial charge is 0.244 e. The predicted octanol–water partition coefficient (Wildman–Crippen LogP) is 1.55. The predicted molar refractivity (Wildman–Crippen MR) is 84.7 cm³/mol. The zero-order chi connectivity index (χ0) is 15.3. The molecular formula is C15H30N4O2. The van der Waals surface area contributed by atoms with Crippen molar-refractivity contribution < 1.29 is 10.0 Å². The number of carbonyl (C=O) groups is 1. The van der Waals surface area contributed by atoms with Crippen molar-refractivity contribution in [2.45, 2.75) is 51.9 Å². The lowest BCUT2D eigenvalue weighted by Gasteiger charge is -2.20. The number of rotatable bonds is 12. The first-order valence-corrected chi connectivity index (χ1v) is 8.19. The van der Waals surface area contributed by atoms with Gasteiger partial charge in [0.1, 0.15) is 0 Å². The van der Waals surface area contributed by atoms with E-state index >= 15 is 0 Å². The van der Waals surface area contributed by atoms with Crippen LogP contribution in [0.15, 0.2) is 4.99 Å². The fraction of sp³-hybridized carbons (Fsp3) is 0.867. The Kier molecular flexibility index (Phi) is 9.82. The molecule has 6 heteroatoms. The van der Waals surface area contributed by atoms with Gasteiger partial charge < -0.3 is 10.2 Å². The van der Waals surface area contributed by atoms with Gasteiger partial charge in [-0.2, -0.15) is 0 Å². The van der Waals surface area contributed by atoms with E-state index < -0.39 is 0 Å². The lowest BCUT2D eigenvalue weighted by molar-refractivity contribution is -0.129. The summed E-state index contributed by atoms with van der Waals surface area (Å²) in [5, 5.41) is 11.6. The summed E-state index contributed by atoms with van der Waals surface area (Å²) in [5.74, 6) is 0.902. The summed E-state index contributed by atoms with van der Waals surface area (Å²) in [5.41, 5.74) is 1.63. The summed E-state index contributed by atoms with van der Waals surface area (Å²) < 4.78 is 0. The van der Waals surface area contributed by atoms with Crippen LogP contribution in [-0.2, 0) is 4.79 Å². The Morgan fingerprint density at radius 1 is 1.29 bits per heavy atom. The van der Waals surface area contributed by atoms with E-state index in [0.29, 0.717) is 13.0 Å². The van der Waals surface area contributed by atoms with Crippen molar-refractivity contribution in [1.82, 2.24) is 15.7 Å². The van der Waals surface area contributed by atoms with E-state index in [4.69, 9.17) is 5.21 Å². The molecule has 0 saturated heterocycles. The molecule has 0 aromatic heterocycles. The molecule has 122 valence electrons. The second-order valence-corrected chi connectivity index (χ2v) is 5.48. The molecule has 0 fully saturated rings. The van der Waals surface area contributed by atoms with Crippen molar-refractivity contribution in [3.8, 4) is 0 Å². The summed E-state index contributed by atoms with van der Waals surface area (Å²) in [6.45, 7) is 6.53. The number of nitrogens with zero attached hydrogens (tertiary/aromatic N) is 2. The monoisotopic (exact) mass is 298 g/mol. The normalized spacial score (nSPS) is 14.4. The number of carbonyl (C=O) groups excluding carboxylic acids is 1. The van der Waals surface area contributed by atoms with E-state index in [9.17, 15) is 4.79 Å². The van der Waals surface area contributed by atoms with E-state index in [1.807, 2.05) is 0 Å². The molecule has 0 atom stereocenters. The maximum absolute atomic E-state index is 10.8. The van der Waals surface area contributed by atoms with Gasteiger partial charge in [-0.1, -0.05) is 32.6 Å². The quantitative estimate of drug-likeness (QED) is 0.290. The van der Waals surface area contributed by atoms with E-state index in [0.717, 1.165) is 32.6 Å². The van der Waals surface area contributed by atoms with Crippen molar-refractivity contribution in [3.63, 3.8) is 0 Å².